The maximum atomic E-state index is 13.7. The predicted molar refractivity (Wildman–Crippen MR) is 58.3 cm³/mol. The third-order valence-electron chi connectivity index (χ3n) is 2.79. The van der Waals surface area contributed by atoms with Gasteiger partial charge >= 0.3 is 0 Å². The molecule has 0 spiro atoms. The summed E-state index contributed by atoms with van der Waals surface area (Å²) < 4.78 is 80.6. The van der Waals surface area contributed by atoms with Gasteiger partial charge in [-0.3, -0.25) is 0 Å². The minimum atomic E-state index is -2.31. The van der Waals surface area contributed by atoms with Gasteiger partial charge in [-0.15, -0.1) is 0 Å². The van der Waals surface area contributed by atoms with E-state index >= 15 is 0 Å². The van der Waals surface area contributed by atoms with E-state index in [9.17, 15) is 31.4 Å². The van der Waals surface area contributed by atoms with Crippen LogP contribution in [0, 0.1) is 34.9 Å². The van der Waals surface area contributed by atoms with Crippen molar-refractivity contribution in [3.63, 3.8) is 0 Å². The van der Waals surface area contributed by atoms with Crippen LogP contribution in [0.25, 0.3) is 11.1 Å². The van der Waals surface area contributed by atoms with Gasteiger partial charge in [0.2, 0.25) is 17.5 Å². The van der Waals surface area contributed by atoms with Crippen LogP contribution in [0.5, 0.6) is 23.0 Å². The van der Waals surface area contributed by atoms with Crippen molar-refractivity contribution in [1.29, 1.82) is 0 Å². The number of hydrogen-bond donors (Lipinski definition) is 4. The van der Waals surface area contributed by atoms with Crippen LogP contribution in [-0.4, -0.2) is 20.4 Å². The van der Waals surface area contributed by atoms with Crippen LogP contribution < -0.4 is 0 Å². The van der Waals surface area contributed by atoms with E-state index in [1.54, 1.807) is 0 Å². The van der Waals surface area contributed by atoms with Crippen molar-refractivity contribution in [1.82, 2.24) is 0 Å². The largest absolute Gasteiger partial charge is 0.504 e. The normalized spacial score (nSPS) is 11.0. The Hall–Kier alpha value is -2.78. The molecule has 0 bridgehead atoms. The van der Waals surface area contributed by atoms with Gasteiger partial charge in [0, 0.05) is 0 Å². The van der Waals surface area contributed by atoms with Gasteiger partial charge in [-0.2, -0.15) is 13.2 Å². The molecule has 0 atom stereocenters. The minimum absolute atomic E-state index is 1.78. The van der Waals surface area contributed by atoms with E-state index in [1.807, 2.05) is 0 Å². The molecule has 4 nitrogen and oxygen atoms in total. The summed E-state index contributed by atoms with van der Waals surface area (Å²) >= 11 is 0. The molecule has 0 saturated carbocycles. The lowest BCUT2D eigenvalue weighted by Gasteiger charge is -2.13. The molecular weight excluding hydrogens is 322 g/mol. The van der Waals surface area contributed by atoms with Crippen LogP contribution in [0.15, 0.2) is 0 Å². The fraction of sp³-hybridized carbons (Fsp3) is 0. The first kappa shape index (κ1) is 15.6. The first-order chi connectivity index (χ1) is 10.1. The van der Waals surface area contributed by atoms with Gasteiger partial charge in [0.15, 0.2) is 40.4 Å². The Labute approximate surface area is 117 Å². The molecule has 0 aliphatic heterocycles. The highest BCUT2D eigenvalue weighted by Gasteiger charge is 2.33. The second-order valence-corrected chi connectivity index (χ2v) is 4.03. The summed E-state index contributed by atoms with van der Waals surface area (Å²) in [4.78, 5) is 0. The average Bonchev–Trinajstić information content (AvgIpc) is 2.50. The van der Waals surface area contributed by atoms with Crippen LogP contribution in [0.1, 0.15) is 0 Å². The molecule has 0 aliphatic carbocycles. The Morgan fingerprint density at radius 1 is 0.364 bits per heavy atom. The lowest BCUT2D eigenvalue weighted by atomic mass is 10.00. The zero-order valence-electron chi connectivity index (χ0n) is 10.1. The van der Waals surface area contributed by atoms with Crippen molar-refractivity contribution in [3.05, 3.63) is 34.9 Å². The standard InChI is InChI=1S/C12H4F6O4/c13-3-1(4(14)11(21)12(22)6(3)16)2-5(15)10(20)8(18)7(17)9(2)19/h19-22H. The highest BCUT2D eigenvalue weighted by molar-refractivity contribution is 5.76. The van der Waals surface area contributed by atoms with Crippen molar-refractivity contribution in [2.45, 2.75) is 0 Å². The summed E-state index contributed by atoms with van der Waals surface area (Å²) in [5, 5.41) is 36.2. The highest BCUT2D eigenvalue weighted by Crippen LogP contribution is 2.46. The quantitative estimate of drug-likeness (QED) is 0.281. The number of phenolic OH excluding ortho intramolecular Hbond substituents is 4. The molecule has 0 unspecified atom stereocenters. The first-order valence-corrected chi connectivity index (χ1v) is 5.28. The van der Waals surface area contributed by atoms with Crippen LogP contribution in [0.4, 0.5) is 26.3 Å². The van der Waals surface area contributed by atoms with Gasteiger partial charge in [0.05, 0.1) is 11.1 Å². The molecule has 2 aromatic carbocycles. The molecule has 118 valence electrons. The van der Waals surface area contributed by atoms with E-state index in [0.29, 0.717) is 0 Å². The Balaban J connectivity index is 3.03. The van der Waals surface area contributed by atoms with Crippen molar-refractivity contribution in [3.8, 4) is 34.1 Å². The monoisotopic (exact) mass is 326 g/mol. The summed E-state index contributed by atoms with van der Waals surface area (Å²) in [7, 11) is 0. The smallest absolute Gasteiger partial charge is 0.207 e. The number of aromatic hydroxyl groups is 4. The van der Waals surface area contributed by atoms with Gasteiger partial charge in [-0.25, -0.2) is 13.2 Å². The second kappa shape index (κ2) is 4.90. The molecule has 0 amide bonds. The topological polar surface area (TPSA) is 80.9 Å². The van der Waals surface area contributed by atoms with E-state index in [-0.39, 0.29) is 0 Å². The Bertz CT molecular complexity index is 680. The van der Waals surface area contributed by atoms with E-state index in [2.05, 4.69) is 0 Å². The minimum Gasteiger partial charge on any atom is -0.504 e. The number of rotatable bonds is 1. The molecule has 0 heterocycles. The molecule has 0 saturated heterocycles. The van der Waals surface area contributed by atoms with Gasteiger partial charge in [0.1, 0.15) is 0 Å². The van der Waals surface area contributed by atoms with Gasteiger partial charge in [0.25, 0.3) is 0 Å². The fourth-order valence-electron chi connectivity index (χ4n) is 1.72. The maximum absolute atomic E-state index is 13.7. The van der Waals surface area contributed by atoms with E-state index in [1.165, 1.54) is 0 Å². The number of hydrogen-bond acceptors (Lipinski definition) is 4. The summed E-state index contributed by atoms with van der Waals surface area (Å²) in [6.07, 6.45) is 0. The predicted octanol–water partition coefficient (Wildman–Crippen LogP) is 3.01. The zero-order valence-corrected chi connectivity index (χ0v) is 10.1. The molecule has 0 aliphatic rings. The van der Waals surface area contributed by atoms with Crippen molar-refractivity contribution >= 4 is 0 Å². The molecule has 4 N–H and O–H groups in total. The Morgan fingerprint density at radius 2 is 0.727 bits per heavy atom. The van der Waals surface area contributed by atoms with Crippen LogP contribution in [-0.2, 0) is 0 Å². The zero-order chi connectivity index (χ0) is 16.9. The highest BCUT2D eigenvalue weighted by atomic mass is 19.2. The third kappa shape index (κ3) is 1.87. The Kier molecular flexibility index (Phi) is 3.47. The average molecular weight is 326 g/mol. The SMILES string of the molecule is Oc1c(O)c(F)c(-c2c(O)c(F)c(F)c(O)c2F)c(F)c1F. The van der Waals surface area contributed by atoms with Crippen molar-refractivity contribution in [2.24, 2.45) is 0 Å². The van der Waals surface area contributed by atoms with Gasteiger partial charge in [-0.1, -0.05) is 0 Å². The van der Waals surface area contributed by atoms with Crippen LogP contribution >= 0.6 is 0 Å². The lowest BCUT2D eigenvalue weighted by molar-refractivity contribution is 0.341. The summed E-state index contributed by atoms with van der Waals surface area (Å²) in [6.45, 7) is 0. The summed E-state index contributed by atoms with van der Waals surface area (Å²) in [5.41, 5.74) is -3.63. The second-order valence-electron chi connectivity index (χ2n) is 4.03. The molecule has 10 heteroatoms. The summed E-state index contributed by atoms with van der Waals surface area (Å²) in [5.74, 6) is -21.2. The van der Waals surface area contributed by atoms with Crippen molar-refractivity contribution < 1.29 is 46.8 Å². The van der Waals surface area contributed by atoms with Crippen molar-refractivity contribution in [2.75, 3.05) is 0 Å². The molecule has 0 aromatic heterocycles. The lowest BCUT2D eigenvalue weighted by Crippen LogP contribution is -2.02. The maximum Gasteiger partial charge on any atom is 0.207 e. The third-order valence-corrected chi connectivity index (χ3v) is 2.79. The number of benzene rings is 2. The Morgan fingerprint density at radius 3 is 1.27 bits per heavy atom. The van der Waals surface area contributed by atoms with E-state index in [0.717, 1.165) is 0 Å². The van der Waals surface area contributed by atoms with Crippen LogP contribution in [0.2, 0.25) is 0 Å². The molecule has 2 rings (SSSR count). The number of halogens is 6. The molecule has 22 heavy (non-hydrogen) atoms. The first-order valence-electron chi connectivity index (χ1n) is 5.28. The molecular formula is C12H4F6O4. The summed E-state index contributed by atoms with van der Waals surface area (Å²) in [6, 6.07) is 0. The fourth-order valence-corrected chi connectivity index (χ4v) is 1.72. The van der Waals surface area contributed by atoms with Gasteiger partial charge in [-0.05, 0) is 0 Å². The van der Waals surface area contributed by atoms with Crippen LogP contribution in [0.3, 0.4) is 0 Å². The number of phenols is 4. The van der Waals surface area contributed by atoms with E-state index < -0.39 is 69.0 Å². The molecule has 0 radical (unpaired) electrons. The van der Waals surface area contributed by atoms with Gasteiger partial charge < -0.3 is 20.4 Å². The molecule has 0 fully saturated rings. The van der Waals surface area contributed by atoms with E-state index in [4.69, 9.17) is 15.3 Å². The molecule has 2 aromatic rings.